The number of hydrogen-bond acceptors (Lipinski definition) is 3. The molecule has 1 amide bonds. The predicted molar refractivity (Wildman–Crippen MR) is 93.3 cm³/mol. The van der Waals surface area contributed by atoms with Crippen molar-refractivity contribution in [2.75, 3.05) is 0 Å². The standard InChI is InChI=1S/C17H16F3NOS2/c18-17(19,20)12-8-6-11(7-9-12)10-14-15(22)21(16(23)24-14)13-4-2-1-3-5-13/h6-10,13H,1-5H2/b14-10+. The van der Waals surface area contributed by atoms with Gasteiger partial charge in [-0.05, 0) is 36.6 Å². The summed E-state index contributed by atoms with van der Waals surface area (Å²) in [7, 11) is 0. The number of hydrogen-bond donors (Lipinski definition) is 0. The molecular formula is C17H16F3NOS2. The fourth-order valence-electron chi connectivity index (χ4n) is 3.05. The summed E-state index contributed by atoms with van der Waals surface area (Å²) in [6.07, 6.45) is 2.55. The van der Waals surface area contributed by atoms with Gasteiger partial charge < -0.3 is 0 Å². The summed E-state index contributed by atoms with van der Waals surface area (Å²) >= 11 is 6.57. The molecule has 0 radical (unpaired) electrons. The van der Waals surface area contributed by atoms with Crippen LogP contribution in [0.3, 0.4) is 0 Å². The fraction of sp³-hybridized carbons (Fsp3) is 0.412. The molecule has 3 rings (SSSR count). The number of rotatable bonds is 2. The zero-order valence-corrected chi connectivity index (χ0v) is 14.4. The molecule has 1 aromatic carbocycles. The van der Waals surface area contributed by atoms with Crippen LogP contribution in [-0.4, -0.2) is 21.2 Å². The molecule has 128 valence electrons. The van der Waals surface area contributed by atoms with Gasteiger partial charge in [0.1, 0.15) is 4.32 Å². The van der Waals surface area contributed by atoms with Crippen molar-refractivity contribution in [1.29, 1.82) is 0 Å². The molecule has 2 nitrogen and oxygen atoms in total. The molecule has 0 unspecified atom stereocenters. The third-order valence-electron chi connectivity index (χ3n) is 4.30. The average Bonchev–Trinajstić information content (AvgIpc) is 2.82. The summed E-state index contributed by atoms with van der Waals surface area (Å²) in [5.41, 5.74) is -0.137. The molecule has 1 aliphatic heterocycles. The van der Waals surface area contributed by atoms with Gasteiger partial charge in [0.05, 0.1) is 10.5 Å². The zero-order chi connectivity index (χ0) is 17.3. The topological polar surface area (TPSA) is 20.3 Å². The molecule has 1 heterocycles. The highest BCUT2D eigenvalue weighted by Gasteiger charge is 2.37. The maximum Gasteiger partial charge on any atom is 0.416 e. The Morgan fingerprint density at radius 3 is 2.33 bits per heavy atom. The maximum absolute atomic E-state index is 12.6. The summed E-state index contributed by atoms with van der Waals surface area (Å²) in [5, 5.41) is 0. The largest absolute Gasteiger partial charge is 0.416 e. The normalized spacial score (nSPS) is 21.8. The van der Waals surface area contributed by atoms with E-state index in [1.54, 1.807) is 11.0 Å². The van der Waals surface area contributed by atoms with Crippen LogP contribution in [0.15, 0.2) is 29.2 Å². The number of nitrogens with zero attached hydrogens (tertiary/aromatic N) is 1. The van der Waals surface area contributed by atoms with Gasteiger partial charge in [-0.1, -0.05) is 55.4 Å². The number of thiocarbonyl (C=S) groups is 1. The van der Waals surface area contributed by atoms with Crippen molar-refractivity contribution in [3.05, 3.63) is 40.3 Å². The number of thioether (sulfide) groups is 1. The average molecular weight is 371 g/mol. The summed E-state index contributed by atoms with van der Waals surface area (Å²) < 4.78 is 38.3. The molecule has 0 aromatic heterocycles. The second-order valence-corrected chi connectivity index (χ2v) is 7.64. The molecule has 0 bridgehead atoms. The summed E-state index contributed by atoms with van der Waals surface area (Å²) in [6, 6.07) is 4.94. The number of benzene rings is 1. The van der Waals surface area contributed by atoms with Gasteiger partial charge in [-0.15, -0.1) is 0 Å². The third-order valence-corrected chi connectivity index (χ3v) is 5.63. The Labute approximate surface area is 148 Å². The van der Waals surface area contributed by atoms with Gasteiger partial charge in [-0.3, -0.25) is 9.69 Å². The number of amides is 1. The first-order valence-electron chi connectivity index (χ1n) is 7.80. The number of carbonyl (C=O) groups excluding carboxylic acids is 1. The lowest BCUT2D eigenvalue weighted by atomic mass is 9.94. The molecule has 0 spiro atoms. The van der Waals surface area contributed by atoms with Crippen LogP contribution in [0.2, 0.25) is 0 Å². The van der Waals surface area contributed by atoms with Crippen LogP contribution in [-0.2, 0) is 11.0 Å². The first-order chi connectivity index (χ1) is 11.4. The quantitative estimate of drug-likeness (QED) is 0.524. The minimum Gasteiger partial charge on any atom is -0.290 e. The third kappa shape index (κ3) is 3.67. The molecule has 1 aromatic rings. The summed E-state index contributed by atoms with van der Waals surface area (Å²) in [5.74, 6) is -0.128. The van der Waals surface area contributed by atoms with E-state index in [-0.39, 0.29) is 11.9 Å². The molecular weight excluding hydrogens is 355 g/mol. The van der Waals surface area contributed by atoms with Crippen molar-refractivity contribution in [2.24, 2.45) is 0 Å². The van der Waals surface area contributed by atoms with Gasteiger partial charge in [0.25, 0.3) is 5.91 Å². The lowest BCUT2D eigenvalue weighted by Gasteiger charge is -2.29. The van der Waals surface area contributed by atoms with Crippen molar-refractivity contribution >= 4 is 40.3 Å². The highest BCUT2D eigenvalue weighted by molar-refractivity contribution is 8.26. The van der Waals surface area contributed by atoms with E-state index >= 15 is 0 Å². The Balaban J connectivity index is 1.78. The van der Waals surface area contributed by atoms with Crippen LogP contribution in [0.4, 0.5) is 13.2 Å². The monoisotopic (exact) mass is 371 g/mol. The first kappa shape index (κ1) is 17.5. The summed E-state index contributed by atoms with van der Waals surface area (Å²) in [6.45, 7) is 0. The van der Waals surface area contributed by atoms with E-state index in [9.17, 15) is 18.0 Å². The van der Waals surface area contributed by atoms with Gasteiger partial charge >= 0.3 is 6.18 Å². The van der Waals surface area contributed by atoms with Gasteiger partial charge in [0, 0.05) is 6.04 Å². The van der Waals surface area contributed by atoms with E-state index in [0.29, 0.717) is 14.8 Å². The Hall–Kier alpha value is -1.34. The van der Waals surface area contributed by atoms with Crippen molar-refractivity contribution < 1.29 is 18.0 Å². The lowest BCUT2D eigenvalue weighted by molar-refractivity contribution is -0.137. The highest BCUT2D eigenvalue weighted by Crippen LogP contribution is 2.37. The fourth-order valence-corrected chi connectivity index (χ4v) is 4.45. The van der Waals surface area contributed by atoms with Crippen LogP contribution in [0.1, 0.15) is 43.2 Å². The number of alkyl halides is 3. The van der Waals surface area contributed by atoms with Crippen molar-refractivity contribution in [3.63, 3.8) is 0 Å². The van der Waals surface area contributed by atoms with Crippen LogP contribution in [0.25, 0.3) is 6.08 Å². The molecule has 7 heteroatoms. The second kappa shape index (κ2) is 6.88. The molecule has 1 aliphatic carbocycles. The molecule has 2 aliphatic rings. The van der Waals surface area contributed by atoms with Crippen LogP contribution < -0.4 is 0 Å². The molecule has 0 atom stereocenters. The van der Waals surface area contributed by atoms with Gasteiger partial charge in [-0.2, -0.15) is 13.2 Å². The lowest BCUT2D eigenvalue weighted by Crippen LogP contribution is -2.39. The van der Waals surface area contributed by atoms with Gasteiger partial charge in [0.15, 0.2) is 0 Å². The molecule has 24 heavy (non-hydrogen) atoms. The van der Waals surface area contributed by atoms with Crippen molar-refractivity contribution in [2.45, 2.75) is 44.3 Å². The Morgan fingerprint density at radius 1 is 1.12 bits per heavy atom. The van der Waals surface area contributed by atoms with Gasteiger partial charge in [-0.25, -0.2) is 0 Å². The first-order valence-corrected chi connectivity index (χ1v) is 9.03. The highest BCUT2D eigenvalue weighted by atomic mass is 32.2. The van der Waals surface area contributed by atoms with Crippen LogP contribution in [0, 0.1) is 0 Å². The SMILES string of the molecule is O=C1/C(=C\c2ccc(C(F)(F)F)cc2)SC(=S)N1C1CCCCC1. The van der Waals surface area contributed by atoms with Crippen LogP contribution >= 0.6 is 24.0 Å². The maximum atomic E-state index is 12.6. The Bertz CT molecular complexity index is 676. The second-order valence-electron chi connectivity index (χ2n) is 5.96. The Kier molecular flexibility index (Phi) is 5.01. The predicted octanol–water partition coefficient (Wildman–Crippen LogP) is 5.24. The van der Waals surface area contributed by atoms with E-state index in [0.717, 1.165) is 37.8 Å². The molecule has 1 saturated heterocycles. The number of halogens is 3. The number of carbonyl (C=O) groups is 1. The minimum absolute atomic E-state index is 0.128. The molecule has 2 fully saturated rings. The summed E-state index contributed by atoms with van der Waals surface area (Å²) in [4.78, 5) is 14.8. The molecule has 0 N–H and O–H groups in total. The zero-order valence-electron chi connectivity index (χ0n) is 12.8. The van der Waals surface area contributed by atoms with E-state index in [1.807, 2.05) is 0 Å². The van der Waals surface area contributed by atoms with E-state index < -0.39 is 11.7 Å². The van der Waals surface area contributed by atoms with Crippen molar-refractivity contribution in [3.8, 4) is 0 Å². The van der Waals surface area contributed by atoms with Crippen LogP contribution in [0.5, 0.6) is 0 Å². The Morgan fingerprint density at radius 2 is 1.75 bits per heavy atom. The van der Waals surface area contributed by atoms with Gasteiger partial charge in [0.2, 0.25) is 0 Å². The van der Waals surface area contributed by atoms with E-state index in [4.69, 9.17) is 12.2 Å². The van der Waals surface area contributed by atoms with E-state index in [2.05, 4.69) is 0 Å². The molecule has 1 saturated carbocycles. The smallest absolute Gasteiger partial charge is 0.290 e. The van der Waals surface area contributed by atoms with E-state index in [1.165, 1.54) is 30.3 Å². The van der Waals surface area contributed by atoms with Crippen molar-refractivity contribution in [1.82, 2.24) is 4.90 Å². The minimum atomic E-state index is -4.36.